The van der Waals surface area contributed by atoms with E-state index >= 15 is 0 Å². The van der Waals surface area contributed by atoms with E-state index in [1.165, 1.54) is 6.92 Å². The van der Waals surface area contributed by atoms with E-state index < -0.39 is 0 Å². The standard InChI is InChI=1S/C15H20N4O3/c1-12(20)17-14-4-2-13(3-5-14)10-16-18-15(21)11-19-6-8-22-9-7-19/h2-5,10H,6-9,11H2,1H3,(H,17,20)(H,18,21)/b16-10+. The third-order valence-electron chi connectivity index (χ3n) is 3.10. The summed E-state index contributed by atoms with van der Waals surface area (Å²) in [6, 6.07) is 7.17. The van der Waals surface area contributed by atoms with Crippen LogP contribution in [-0.2, 0) is 14.3 Å². The maximum Gasteiger partial charge on any atom is 0.254 e. The molecule has 1 fully saturated rings. The Labute approximate surface area is 129 Å². The lowest BCUT2D eigenvalue weighted by Gasteiger charge is -2.25. The molecule has 0 saturated carbocycles. The molecule has 2 N–H and O–H groups in total. The van der Waals surface area contributed by atoms with E-state index in [0.717, 1.165) is 24.3 Å². The number of carbonyl (C=O) groups excluding carboxylic acids is 2. The number of hydrogen-bond donors (Lipinski definition) is 2. The van der Waals surface area contributed by atoms with E-state index in [0.29, 0.717) is 19.8 Å². The number of ether oxygens (including phenoxy) is 1. The Morgan fingerprint density at radius 1 is 1.27 bits per heavy atom. The molecule has 1 aromatic carbocycles. The van der Waals surface area contributed by atoms with Crippen molar-refractivity contribution in [1.82, 2.24) is 10.3 Å². The number of hydrazone groups is 1. The first-order valence-electron chi connectivity index (χ1n) is 7.13. The van der Waals surface area contributed by atoms with E-state index in [4.69, 9.17) is 4.74 Å². The van der Waals surface area contributed by atoms with E-state index in [9.17, 15) is 9.59 Å². The molecule has 0 atom stereocenters. The van der Waals surface area contributed by atoms with E-state index in [1.807, 2.05) is 17.0 Å². The van der Waals surface area contributed by atoms with Crippen LogP contribution >= 0.6 is 0 Å². The zero-order valence-corrected chi connectivity index (χ0v) is 12.5. The number of carbonyl (C=O) groups is 2. The van der Waals surface area contributed by atoms with Crippen molar-refractivity contribution in [1.29, 1.82) is 0 Å². The summed E-state index contributed by atoms with van der Waals surface area (Å²) in [5.41, 5.74) is 4.06. The molecule has 1 aliphatic heterocycles. The van der Waals surface area contributed by atoms with Gasteiger partial charge in [0, 0.05) is 25.7 Å². The molecule has 0 bridgehead atoms. The molecular weight excluding hydrogens is 284 g/mol. The molecule has 0 spiro atoms. The Balaban J connectivity index is 1.76. The van der Waals surface area contributed by atoms with Gasteiger partial charge in [0.05, 0.1) is 26.0 Å². The normalized spacial score (nSPS) is 15.7. The predicted molar refractivity (Wildman–Crippen MR) is 83.7 cm³/mol. The Kier molecular flexibility index (Phi) is 6.05. The summed E-state index contributed by atoms with van der Waals surface area (Å²) in [7, 11) is 0. The van der Waals surface area contributed by atoms with Crippen LogP contribution < -0.4 is 10.7 Å². The fourth-order valence-corrected chi connectivity index (χ4v) is 2.03. The highest BCUT2D eigenvalue weighted by atomic mass is 16.5. The lowest BCUT2D eigenvalue weighted by molar-refractivity contribution is -0.123. The number of anilines is 1. The van der Waals surface area contributed by atoms with Crippen molar-refractivity contribution in [3.63, 3.8) is 0 Å². The largest absolute Gasteiger partial charge is 0.379 e. The summed E-state index contributed by atoms with van der Waals surface area (Å²) in [5.74, 6) is -0.259. The van der Waals surface area contributed by atoms with Crippen LogP contribution in [0.5, 0.6) is 0 Å². The third-order valence-corrected chi connectivity index (χ3v) is 3.10. The second-order valence-corrected chi connectivity index (χ2v) is 4.98. The highest BCUT2D eigenvalue weighted by molar-refractivity contribution is 5.89. The fraction of sp³-hybridized carbons (Fsp3) is 0.400. The van der Waals surface area contributed by atoms with Crippen LogP contribution in [0.15, 0.2) is 29.4 Å². The maximum absolute atomic E-state index is 11.7. The molecule has 0 radical (unpaired) electrons. The van der Waals surface area contributed by atoms with Gasteiger partial charge in [0.25, 0.3) is 5.91 Å². The van der Waals surface area contributed by atoms with Crippen molar-refractivity contribution in [2.75, 3.05) is 38.2 Å². The summed E-state index contributed by atoms with van der Waals surface area (Å²) >= 11 is 0. The van der Waals surface area contributed by atoms with Gasteiger partial charge in [-0.25, -0.2) is 5.43 Å². The number of nitrogens with zero attached hydrogens (tertiary/aromatic N) is 2. The van der Waals surface area contributed by atoms with Crippen molar-refractivity contribution in [3.05, 3.63) is 29.8 Å². The third kappa shape index (κ3) is 5.63. The molecule has 7 nitrogen and oxygen atoms in total. The molecule has 1 aromatic rings. The minimum absolute atomic E-state index is 0.114. The Bertz CT molecular complexity index is 536. The topological polar surface area (TPSA) is 83.0 Å². The van der Waals surface area contributed by atoms with Gasteiger partial charge in [0.2, 0.25) is 5.91 Å². The molecule has 1 saturated heterocycles. The molecule has 118 valence electrons. The van der Waals surface area contributed by atoms with Gasteiger partial charge >= 0.3 is 0 Å². The van der Waals surface area contributed by atoms with Crippen molar-refractivity contribution < 1.29 is 14.3 Å². The fourth-order valence-electron chi connectivity index (χ4n) is 2.03. The van der Waals surface area contributed by atoms with Gasteiger partial charge in [-0.15, -0.1) is 0 Å². The Hall–Kier alpha value is -2.25. The molecule has 2 rings (SSSR count). The van der Waals surface area contributed by atoms with Crippen LogP contribution in [0.3, 0.4) is 0 Å². The van der Waals surface area contributed by atoms with Gasteiger partial charge in [0.1, 0.15) is 0 Å². The van der Waals surface area contributed by atoms with Gasteiger partial charge < -0.3 is 10.1 Å². The number of hydrogen-bond acceptors (Lipinski definition) is 5. The van der Waals surface area contributed by atoms with Crippen molar-refractivity contribution in [2.24, 2.45) is 5.10 Å². The van der Waals surface area contributed by atoms with Crippen LogP contribution in [0.1, 0.15) is 12.5 Å². The molecule has 1 aliphatic rings. The highest BCUT2D eigenvalue weighted by Crippen LogP contribution is 2.07. The van der Waals surface area contributed by atoms with Gasteiger partial charge in [-0.2, -0.15) is 5.10 Å². The second kappa shape index (κ2) is 8.26. The number of benzene rings is 1. The Morgan fingerprint density at radius 2 is 1.95 bits per heavy atom. The smallest absolute Gasteiger partial charge is 0.254 e. The first-order chi connectivity index (χ1) is 10.6. The summed E-state index contributed by atoms with van der Waals surface area (Å²) in [4.78, 5) is 24.7. The molecule has 7 heteroatoms. The zero-order valence-electron chi connectivity index (χ0n) is 12.5. The highest BCUT2D eigenvalue weighted by Gasteiger charge is 2.13. The minimum Gasteiger partial charge on any atom is -0.379 e. The van der Waals surface area contributed by atoms with E-state index in [1.54, 1.807) is 18.3 Å². The van der Waals surface area contributed by atoms with Crippen molar-refractivity contribution in [2.45, 2.75) is 6.92 Å². The molecule has 2 amide bonds. The van der Waals surface area contributed by atoms with Crippen LogP contribution in [0.4, 0.5) is 5.69 Å². The van der Waals surface area contributed by atoms with Crippen molar-refractivity contribution in [3.8, 4) is 0 Å². The predicted octanol–water partition coefficient (Wildman–Crippen LogP) is 0.427. The molecule has 22 heavy (non-hydrogen) atoms. The monoisotopic (exact) mass is 304 g/mol. The van der Waals surface area contributed by atoms with E-state index in [2.05, 4.69) is 15.8 Å². The first-order valence-corrected chi connectivity index (χ1v) is 7.13. The zero-order chi connectivity index (χ0) is 15.8. The van der Waals surface area contributed by atoms with Gasteiger partial charge in [-0.1, -0.05) is 12.1 Å². The lowest BCUT2D eigenvalue weighted by Crippen LogP contribution is -2.42. The number of amides is 2. The first kappa shape index (κ1) is 16.1. The van der Waals surface area contributed by atoms with Gasteiger partial charge in [0.15, 0.2) is 0 Å². The Morgan fingerprint density at radius 3 is 2.59 bits per heavy atom. The molecular formula is C15H20N4O3. The minimum atomic E-state index is -0.145. The number of nitrogens with one attached hydrogen (secondary N) is 2. The SMILES string of the molecule is CC(=O)Nc1ccc(/C=N/NC(=O)CN2CCOCC2)cc1. The van der Waals surface area contributed by atoms with Gasteiger partial charge in [-0.3, -0.25) is 14.5 Å². The van der Waals surface area contributed by atoms with Crippen LogP contribution in [0, 0.1) is 0 Å². The summed E-state index contributed by atoms with van der Waals surface area (Å²) in [6.07, 6.45) is 1.56. The lowest BCUT2D eigenvalue weighted by atomic mass is 10.2. The average Bonchev–Trinajstić information content (AvgIpc) is 2.49. The maximum atomic E-state index is 11.7. The molecule has 0 aliphatic carbocycles. The number of rotatable bonds is 5. The summed E-state index contributed by atoms with van der Waals surface area (Å²) in [6.45, 7) is 4.64. The second-order valence-electron chi connectivity index (χ2n) is 4.98. The summed E-state index contributed by atoms with van der Waals surface area (Å²) in [5, 5.41) is 6.61. The average molecular weight is 304 g/mol. The molecule has 0 unspecified atom stereocenters. The van der Waals surface area contributed by atoms with Crippen molar-refractivity contribution >= 4 is 23.7 Å². The summed E-state index contributed by atoms with van der Waals surface area (Å²) < 4.78 is 5.22. The number of morpholine rings is 1. The van der Waals surface area contributed by atoms with Gasteiger partial charge in [-0.05, 0) is 17.7 Å². The van der Waals surface area contributed by atoms with Crippen LogP contribution in [0.2, 0.25) is 0 Å². The quantitative estimate of drug-likeness (QED) is 0.610. The van der Waals surface area contributed by atoms with Crippen LogP contribution in [-0.4, -0.2) is 55.8 Å². The molecule has 0 aromatic heterocycles. The molecule has 1 heterocycles. The van der Waals surface area contributed by atoms with E-state index in [-0.39, 0.29) is 11.8 Å². The van der Waals surface area contributed by atoms with Crippen LogP contribution in [0.25, 0.3) is 0 Å².